The van der Waals surface area contributed by atoms with Crippen LogP contribution in [0.5, 0.6) is 0 Å². The Hall–Kier alpha value is -2.91. The van der Waals surface area contributed by atoms with Crippen LogP contribution in [0.1, 0.15) is 0 Å². The fourth-order valence-corrected chi connectivity index (χ4v) is 4.11. The summed E-state index contributed by atoms with van der Waals surface area (Å²) < 4.78 is 3.45. The molecule has 0 unspecified atom stereocenters. The molecule has 5 rings (SSSR count). The van der Waals surface area contributed by atoms with Gasteiger partial charge in [0.1, 0.15) is 0 Å². The first-order chi connectivity index (χ1) is 11.9. The zero-order chi connectivity index (χ0) is 15.9. The first-order valence-electron chi connectivity index (χ1n) is 7.91. The second-order valence-electron chi connectivity index (χ2n) is 5.80. The minimum absolute atomic E-state index is 1.02. The van der Waals surface area contributed by atoms with Crippen LogP contribution in [0.4, 0.5) is 0 Å². The van der Waals surface area contributed by atoms with Gasteiger partial charge in [0.15, 0.2) is 4.96 Å². The summed E-state index contributed by atoms with van der Waals surface area (Å²) in [7, 11) is 0. The van der Waals surface area contributed by atoms with Gasteiger partial charge in [-0.2, -0.15) is 0 Å². The molecule has 24 heavy (non-hydrogen) atoms. The Labute approximate surface area is 143 Å². The first-order valence-corrected chi connectivity index (χ1v) is 8.73. The quantitative estimate of drug-likeness (QED) is 0.396. The summed E-state index contributed by atoms with van der Waals surface area (Å²) in [6.07, 6.45) is 2.13. The maximum atomic E-state index is 4.80. The van der Waals surface area contributed by atoms with Crippen LogP contribution in [0.3, 0.4) is 0 Å². The molecule has 0 N–H and O–H groups in total. The summed E-state index contributed by atoms with van der Waals surface area (Å²) in [5.41, 5.74) is 5.88. The van der Waals surface area contributed by atoms with Gasteiger partial charge >= 0.3 is 0 Å². The smallest absolute Gasteiger partial charge is 0.195 e. The lowest BCUT2D eigenvalue weighted by Crippen LogP contribution is -1.80. The van der Waals surface area contributed by atoms with Crippen molar-refractivity contribution in [3.63, 3.8) is 0 Å². The lowest BCUT2D eigenvalue weighted by Gasteiger charge is -2.01. The standard InChI is InChI=1S/C21H14N2S/c1-3-7-15(8-4-1)17-11-12-19-20(13-17)24-21-22-18(14-23(19)21)16-9-5-2-6-10-16/h1-14H. The summed E-state index contributed by atoms with van der Waals surface area (Å²) in [6, 6.07) is 27.5. The van der Waals surface area contributed by atoms with Gasteiger partial charge in [0.2, 0.25) is 0 Å². The second kappa shape index (κ2) is 5.32. The summed E-state index contributed by atoms with van der Waals surface area (Å²) in [4.78, 5) is 5.84. The van der Waals surface area contributed by atoms with Crippen LogP contribution in [-0.2, 0) is 0 Å². The van der Waals surface area contributed by atoms with E-state index >= 15 is 0 Å². The number of thiazole rings is 1. The van der Waals surface area contributed by atoms with Crippen molar-refractivity contribution >= 4 is 26.5 Å². The molecule has 0 saturated carbocycles. The molecule has 2 heterocycles. The van der Waals surface area contributed by atoms with Crippen LogP contribution >= 0.6 is 11.3 Å². The van der Waals surface area contributed by atoms with Gasteiger partial charge in [-0.05, 0) is 23.3 Å². The highest BCUT2D eigenvalue weighted by Crippen LogP contribution is 2.32. The van der Waals surface area contributed by atoms with E-state index in [4.69, 9.17) is 4.98 Å². The van der Waals surface area contributed by atoms with Gasteiger partial charge < -0.3 is 0 Å². The average molecular weight is 326 g/mol. The monoisotopic (exact) mass is 326 g/mol. The summed E-state index contributed by atoms with van der Waals surface area (Å²) in [5, 5.41) is 0. The lowest BCUT2D eigenvalue weighted by molar-refractivity contribution is 1.30. The van der Waals surface area contributed by atoms with Crippen LogP contribution in [0.15, 0.2) is 85.1 Å². The third-order valence-electron chi connectivity index (χ3n) is 4.27. The maximum absolute atomic E-state index is 4.80. The van der Waals surface area contributed by atoms with E-state index in [1.807, 2.05) is 24.3 Å². The Kier molecular flexibility index (Phi) is 3.00. The van der Waals surface area contributed by atoms with Gasteiger partial charge in [-0.3, -0.25) is 4.40 Å². The molecule has 3 aromatic carbocycles. The SMILES string of the molecule is c1ccc(-c2ccc3c(c2)sc2nc(-c4ccccc4)cn23)cc1. The molecule has 0 aliphatic carbocycles. The summed E-state index contributed by atoms with van der Waals surface area (Å²) in [6.45, 7) is 0. The molecule has 0 aliphatic heterocycles. The zero-order valence-electron chi connectivity index (χ0n) is 12.9. The van der Waals surface area contributed by atoms with Crippen molar-refractivity contribution in [1.29, 1.82) is 0 Å². The third kappa shape index (κ3) is 2.14. The second-order valence-corrected chi connectivity index (χ2v) is 6.80. The van der Waals surface area contributed by atoms with Crippen LogP contribution < -0.4 is 0 Å². The molecule has 114 valence electrons. The molecule has 5 aromatic rings. The van der Waals surface area contributed by atoms with E-state index in [1.54, 1.807) is 11.3 Å². The Morgan fingerprint density at radius 1 is 0.708 bits per heavy atom. The van der Waals surface area contributed by atoms with E-state index in [-0.39, 0.29) is 0 Å². The number of hydrogen-bond acceptors (Lipinski definition) is 2. The number of aromatic nitrogens is 2. The average Bonchev–Trinajstić information content (AvgIpc) is 3.20. The normalized spacial score (nSPS) is 11.3. The Balaban J connectivity index is 1.66. The fourth-order valence-electron chi connectivity index (χ4n) is 3.06. The van der Waals surface area contributed by atoms with E-state index in [1.165, 1.54) is 21.3 Å². The van der Waals surface area contributed by atoms with E-state index < -0.39 is 0 Å². The molecule has 0 amide bonds. The van der Waals surface area contributed by atoms with Crippen molar-refractivity contribution < 1.29 is 0 Å². The first kappa shape index (κ1) is 13.5. The third-order valence-corrected chi connectivity index (χ3v) is 5.29. The molecular formula is C21H14N2S. The molecule has 0 bridgehead atoms. The van der Waals surface area contributed by atoms with Crippen molar-refractivity contribution in [2.45, 2.75) is 0 Å². The maximum Gasteiger partial charge on any atom is 0.195 e. The van der Waals surface area contributed by atoms with Gasteiger partial charge in [0.05, 0.1) is 15.9 Å². The molecule has 0 radical (unpaired) electrons. The van der Waals surface area contributed by atoms with Crippen LogP contribution in [0.25, 0.3) is 37.6 Å². The minimum Gasteiger partial charge on any atom is -0.290 e. The lowest BCUT2D eigenvalue weighted by atomic mass is 10.1. The molecular weight excluding hydrogens is 312 g/mol. The number of rotatable bonds is 2. The van der Waals surface area contributed by atoms with E-state index in [2.05, 4.69) is 65.2 Å². The van der Waals surface area contributed by atoms with Crippen molar-refractivity contribution in [2.24, 2.45) is 0 Å². The number of hydrogen-bond donors (Lipinski definition) is 0. The number of nitrogens with zero attached hydrogens (tertiary/aromatic N) is 2. The van der Waals surface area contributed by atoms with Crippen molar-refractivity contribution in [1.82, 2.24) is 9.38 Å². The highest BCUT2D eigenvalue weighted by Gasteiger charge is 2.10. The Morgan fingerprint density at radius 3 is 2.17 bits per heavy atom. The van der Waals surface area contributed by atoms with Crippen molar-refractivity contribution in [3.8, 4) is 22.4 Å². The number of benzene rings is 3. The predicted octanol–water partition coefficient (Wildman–Crippen LogP) is 5.88. The van der Waals surface area contributed by atoms with Gasteiger partial charge in [-0.1, -0.05) is 78.1 Å². The van der Waals surface area contributed by atoms with Crippen LogP contribution in [-0.4, -0.2) is 9.38 Å². The van der Waals surface area contributed by atoms with E-state index in [0.717, 1.165) is 16.2 Å². The summed E-state index contributed by atoms with van der Waals surface area (Å²) >= 11 is 1.74. The zero-order valence-corrected chi connectivity index (χ0v) is 13.7. The highest BCUT2D eigenvalue weighted by atomic mass is 32.1. The van der Waals surface area contributed by atoms with E-state index in [0.29, 0.717) is 0 Å². The molecule has 2 aromatic heterocycles. The van der Waals surface area contributed by atoms with Crippen LogP contribution in [0, 0.1) is 0 Å². The predicted molar refractivity (Wildman–Crippen MR) is 101 cm³/mol. The molecule has 0 saturated heterocycles. The highest BCUT2D eigenvalue weighted by molar-refractivity contribution is 7.23. The number of imidazole rings is 1. The minimum atomic E-state index is 1.02. The van der Waals surface area contributed by atoms with Gasteiger partial charge in [0, 0.05) is 11.8 Å². The largest absolute Gasteiger partial charge is 0.290 e. The topological polar surface area (TPSA) is 17.3 Å². The fraction of sp³-hybridized carbons (Fsp3) is 0. The molecule has 3 heteroatoms. The summed E-state index contributed by atoms with van der Waals surface area (Å²) in [5.74, 6) is 0. The van der Waals surface area contributed by atoms with Gasteiger partial charge in [-0.25, -0.2) is 4.98 Å². The molecule has 0 aliphatic rings. The number of fused-ring (bicyclic) bond motifs is 3. The van der Waals surface area contributed by atoms with Gasteiger partial charge in [0.25, 0.3) is 0 Å². The van der Waals surface area contributed by atoms with Crippen molar-refractivity contribution in [3.05, 3.63) is 85.1 Å². The molecule has 0 atom stereocenters. The van der Waals surface area contributed by atoms with Crippen LogP contribution in [0.2, 0.25) is 0 Å². The Morgan fingerprint density at radius 2 is 1.42 bits per heavy atom. The van der Waals surface area contributed by atoms with Gasteiger partial charge in [-0.15, -0.1) is 0 Å². The van der Waals surface area contributed by atoms with E-state index in [9.17, 15) is 0 Å². The molecule has 0 spiro atoms. The van der Waals surface area contributed by atoms with Crippen molar-refractivity contribution in [2.75, 3.05) is 0 Å². The molecule has 0 fully saturated rings. The Bertz CT molecular complexity index is 1100. The molecule has 2 nitrogen and oxygen atoms in total.